The zero-order valence-corrected chi connectivity index (χ0v) is 15.2. The van der Waals surface area contributed by atoms with E-state index in [-0.39, 0.29) is 12.1 Å². The van der Waals surface area contributed by atoms with Crippen LogP contribution in [0, 0.1) is 11.3 Å². The molecule has 132 valence electrons. The maximum atomic E-state index is 9.03. The Morgan fingerprint density at radius 3 is 3.08 bits per heavy atom. The number of benzene rings is 1. The Morgan fingerprint density at radius 1 is 1.48 bits per heavy atom. The number of rotatable bonds is 7. The van der Waals surface area contributed by atoms with Crippen LogP contribution < -0.4 is 5.73 Å². The van der Waals surface area contributed by atoms with E-state index in [0.29, 0.717) is 5.56 Å². The van der Waals surface area contributed by atoms with Crippen LogP contribution in [0.1, 0.15) is 49.2 Å². The highest BCUT2D eigenvalue weighted by Gasteiger charge is 2.23. The number of ether oxygens (including phenoxy) is 1. The third kappa shape index (κ3) is 4.40. The van der Waals surface area contributed by atoms with Gasteiger partial charge >= 0.3 is 0 Å². The van der Waals surface area contributed by atoms with Crippen molar-refractivity contribution in [3.05, 3.63) is 41.2 Å². The summed E-state index contributed by atoms with van der Waals surface area (Å²) in [6.45, 7) is 3.62. The van der Waals surface area contributed by atoms with Gasteiger partial charge in [0.15, 0.2) is 11.0 Å². The van der Waals surface area contributed by atoms with Crippen molar-refractivity contribution in [3.8, 4) is 6.07 Å². The Labute approximate surface area is 152 Å². The summed E-state index contributed by atoms with van der Waals surface area (Å²) in [4.78, 5) is 0. The lowest BCUT2D eigenvalue weighted by molar-refractivity contribution is 0.0938. The average Bonchev–Trinajstić information content (AvgIpc) is 3.30. The first-order chi connectivity index (χ1) is 12.2. The second kappa shape index (κ2) is 8.48. The van der Waals surface area contributed by atoms with Crippen LogP contribution in [0.4, 0.5) is 0 Å². The predicted molar refractivity (Wildman–Crippen MR) is 96.9 cm³/mol. The zero-order valence-electron chi connectivity index (χ0n) is 14.4. The van der Waals surface area contributed by atoms with E-state index in [4.69, 9.17) is 15.7 Å². The standard InChI is InChI=1S/C18H23N5OS/c1-2-16(20)17-21-22-18(23(17)11-15-7-4-8-24-15)25-12-14-6-3-5-13(9-14)10-19/h3,5-6,9,15-16H,2,4,7-8,11-12,20H2,1H3. The lowest BCUT2D eigenvalue weighted by atomic mass is 10.2. The van der Waals surface area contributed by atoms with Crippen molar-refractivity contribution in [1.29, 1.82) is 5.26 Å². The fourth-order valence-corrected chi connectivity index (χ4v) is 3.80. The molecule has 0 saturated carbocycles. The second-order valence-electron chi connectivity index (χ2n) is 6.20. The van der Waals surface area contributed by atoms with Crippen molar-refractivity contribution < 1.29 is 4.74 Å². The third-order valence-electron chi connectivity index (χ3n) is 4.35. The molecule has 0 spiro atoms. The molecule has 3 rings (SSSR count). The number of nitrogens with zero attached hydrogens (tertiary/aromatic N) is 4. The molecule has 1 aromatic carbocycles. The van der Waals surface area contributed by atoms with Crippen molar-refractivity contribution in [2.75, 3.05) is 6.61 Å². The topological polar surface area (TPSA) is 89.8 Å². The lowest BCUT2D eigenvalue weighted by Crippen LogP contribution is -2.22. The highest BCUT2D eigenvalue weighted by molar-refractivity contribution is 7.98. The summed E-state index contributed by atoms with van der Waals surface area (Å²) in [6.07, 6.45) is 3.19. The van der Waals surface area contributed by atoms with Crippen molar-refractivity contribution in [2.45, 2.75) is 55.8 Å². The summed E-state index contributed by atoms with van der Waals surface area (Å²) < 4.78 is 7.89. The van der Waals surface area contributed by atoms with E-state index >= 15 is 0 Å². The van der Waals surface area contributed by atoms with Gasteiger partial charge in [0.05, 0.1) is 30.3 Å². The molecule has 1 aliphatic heterocycles. The van der Waals surface area contributed by atoms with Gasteiger partial charge in [-0.05, 0) is 37.0 Å². The van der Waals surface area contributed by atoms with Crippen molar-refractivity contribution in [2.24, 2.45) is 5.73 Å². The van der Waals surface area contributed by atoms with E-state index in [2.05, 4.69) is 27.8 Å². The monoisotopic (exact) mass is 357 g/mol. The van der Waals surface area contributed by atoms with Gasteiger partial charge in [-0.3, -0.25) is 0 Å². The summed E-state index contributed by atoms with van der Waals surface area (Å²) in [5, 5.41) is 18.6. The molecule has 2 heterocycles. The van der Waals surface area contributed by atoms with Gasteiger partial charge in [-0.2, -0.15) is 5.26 Å². The molecule has 7 heteroatoms. The number of hydrogen-bond donors (Lipinski definition) is 1. The van der Waals surface area contributed by atoms with Gasteiger partial charge in [-0.1, -0.05) is 30.8 Å². The van der Waals surface area contributed by atoms with E-state index in [1.54, 1.807) is 11.8 Å². The summed E-state index contributed by atoms with van der Waals surface area (Å²) in [6, 6.07) is 9.71. The average molecular weight is 357 g/mol. The first-order valence-electron chi connectivity index (χ1n) is 8.63. The zero-order chi connectivity index (χ0) is 17.6. The minimum absolute atomic E-state index is 0.120. The van der Waals surface area contributed by atoms with Gasteiger partial charge in [0, 0.05) is 12.4 Å². The highest BCUT2D eigenvalue weighted by atomic mass is 32.2. The summed E-state index contributed by atoms with van der Waals surface area (Å²) >= 11 is 1.62. The molecule has 0 bridgehead atoms. The first-order valence-corrected chi connectivity index (χ1v) is 9.62. The Balaban J connectivity index is 1.77. The van der Waals surface area contributed by atoms with E-state index in [1.807, 2.05) is 24.3 Å². The van der Waals surface area contributed by atoms with Crippen LogP contribution in [-0.2, 0) is 17.0 Å². The van der Waals surface area contributed by atoms with Crippen molar-refractivity contribution >= 4 is 11.8 Å². The number of thioether (sulfide) groups is 1. The molecule has 0 radical (unpaired) electrons. The SMILES string of the molecule is CCC(N)c1nnc(SCc2cccc(C#N)c2)n1CC1CCCO1. The predicted octanol–water partition coefficient (Wildman–Crippen LogP) is 3.03. The maximum absolute atomic E-state index is 9.03. The van der Waals surface area contributed by atoms with Crippen LogP contribution in [0.2, 0.25) is 0 Å². The minimum Gasteiger partial charge on any atom is -0.376 e. The summed E-state index contributed by atoms with van der Waals surface area (Å²) in [7, 11) is 0. The Morgan fingerprint density at radius 2 is 2.36 bits per heavy atom. The van der Waals surface area contributed by atoms with Gasteiger partial charge < -0.3 is 15.0 Å². The number of nitrogens with two attached hydrogens (primary N) is 1. The second-order valence-corrected chi connectivity index (χ2v) is 7.14. The van der Waals surface area contributed by atoms with Crippen LogP contribution >= 0.6 is 11.8 Å². The molecular weight excluding hydrogens is 334 g/mol. The molecular formula is C18H23N5OS. The molecule has 0 amide bonds. The van der Waals surface area contributed by atoms with Gasteiger partial charge in [-0.15, -0.1) is 10.2 Å². The maximum Gasteiger partial charge on any atom is 0.191 e. The van der Waals surface area contributed by atoms with Crippen LogP contribution in [0.25, 0.3) is 0 Å². The molecule has 2 atom stereocenters. The fourth-order valence-electron chi connectivity index (χ4n) is 2.91. The Kier molecular flexibility index (Phi) is 6.08. The lowest BCUT2D eigenvalue weighted by Gasteiger charge is -2.17. The number of aromatic nitrogens is 3. The van der Waals surface area contributed by atoms with Gasteiger partial charge in [0.2, 0.25) is 0 Å². The molecule has 2 unspecified atom stereocenters. The first kappa shape index (κ1) is 17.9. The van der Waals surface area contributed by atoms with E-state index < -0.39 is 0 Å². The van der Waals surface area contributed by atoms with Crippen LogP contribution in [0.15, 0.2) is 29.4 Å². The smallest absolute Gasteiger partial charge is 0.191 e. The molecule has 0 aliphatic carbocycles. The molecule has 2 aromatic rings. The summed E-state index contributed by atoms with van der Waals surface area (Å²) in [5.41, 5.74) is 7.99. The molecule has 6 nitrogen and oxygen atoms in total. The van der Waals surface area contributed by atoms with E-state index in [1.165, 1.54) is 0 Å². The number of hydrogen-bond acceptors (Lipinski definition) is 6. The third-order valence-corrected chi connectivity index (χ3v) is 5.39. The molecule has 1 fully saturated rings. The van der Waals surface area contributed by atoms with E-state index in [0.717, 1.165) is 54.7 Å². The van der Waals surface area contributed by atoms with Crippen LogP contribution in [0.5, 0.6) is 0 Å². The van der Waals surface area contributed by atoms with Gasteiger partial charge in [0.1, 0.15) is 0 Å². The Bertz CT molecular complexity index is 748. The normalized spacial score (nSPS) is 18.2. The summed E-state index contributed by atoms with van der Waals surface area (Å²) in [5.74, 6) is 1.56. The molecule has 1 saturated heterocycles. The van der Waals surface area contributed by atoms with Crippen LogP contribution in [0.3, 0.4) is 0 Å². The Hall–Kier alpha value is -1.88. The highest BCUT2D eigenvalue weighted by Crippen LogP contribution is 2.26. The largest absolute Gasteiger partial charge is 0.376 e. The van der Waals surface area contributed by atoms with Crippen molar-refractivity contribution in [1.82, 2.24) is 14.8 Å². The quantitative estimate of drug-likeness (QED) is 0.766. The van der Waals surface area contributed by atoms with Crippen molar-refractivity contribution in [3.63, 3.8) is 0 Å². The minimum atomic E-state index is -0.120. The van der Waals surface area contributed by atoms with Crippen LogP contribution in [-0.4, -0.2) is 27.5 Å². The van der Waals surface area contributed by atoms with Gasteiger partial charge in [-0.25, -0.2) is 0 Å². The molecule has 1 aliphatic rings. The number of nitriles is 1. The fraction of sp³-hybridized carbons (Fsp3) is 0.500. The molecule has 2 N–H and O–H groups in total. The van der Waals surface area contributed by atoms with Gasteiger partial charge in [0.25, 0.3) is 0 Å². The molecule has 1 aromatic heterocycles. The molecule has 25 heavy (non-hydrogen) atoms. The van der Waals surface area contributed by atoms with E-state index in [9.17, 15) is 0 Å².